The molecule has 0 heteroatoms. The second-order valence-electron chi connectivity index (χ2n) is 6.06. The number of hydrogen-bond acceptors (Lipinski definition) is 0. The van der Waals surface area contributed by atoms with E-state index in [-0.39, 0.29) is 0 Å². The molecular weight excluding hydrogens is 144 g/mol. The Kier molecular flexibility index (Phi) is 2.85. The highest BCUT2D eigenvalue weighted by atomic mass is 14.4. The van der Waals surface area contributed by atoms with Crippen molar-refractivity contribution in [3.05, 3.63) is 0 Å². The predicted molar refractivity (Wildman–Crippen MR) is 55.1 cm³/mol. The van der Waals surface area contributed by atoms with Gasteiger partial charge in [0.15, 0.2) is 0 Å². The molecule has 0 N–H and O–H groups in total. The van der Waals surface area contributed by atoms with Crippen LogP contribution in [-0.2, 0) is 0 Å². The van der Waals surface area contributed by atoms with Crippen LogP contribution in [0.4, 0.5) is 0 Å². The lowest BCUT2D eigenvalue weighted by molar-refractivity contribution is 0.291. The molecule has 2 unspecified atom stereocenters. The molecule has 0 nitrogen and oxygen atoms in total. The minimum atomic E-state index is 0.536. The first kappa shape index (κ1) is 10.1. The van der Waals surface area contributed by atoms with Crippen molar-refractivity contribution in [3.63, 3.8) is 0 Å². The van der Waals surface area contributed by atoms with Crippen LogP contribution in [0.25, 0.3) is 0 Å². The maximum absolute atomic E-state index is 2.41. The average molecular weight is 168 g/mol. The summed E-state index contributed by atoms with van der Waals surface area (Å²) in [5, 5.41) is 0. The van der Waals surface area contributed by atoms with Crippen LogP contribution in [0, 0.1) is 23.2 Å². The smallest absolute Gasteiger partial charge is 0.0380 e. The lowest BCUT2D eigenvalue weighted by Gasteiger charge is -2.22. The number of hydrogen-bond donors (Lipinski definition) is 0. The Morgan fingerprint density at radius 2 is 1.42 bits per heavy atom. The van der Waals surface area contributed by atoms with Gasteiger partial charge >= 0.3 is 0 Å². The van der Waals surface area contributed by atoms with Gasteiger partial charge in [0.25, 0.3) is 0 Å². The molecule has 0 bridgehead atoms. The molecule has 0 heterocycles. The van der Waals surface area contributed by atoms with Crippen LogP contribution in [0.3, 0.4) is 0 Å². The standard InChI is InChI=1S/C12H24/c1-9-6-11(7-10(9)2)8-12(3,4)5/h9-11H,6-8H2,1-5H3. The highest BCUT2D eigenvalue weighted by Crippen LogP contribution is 2.41. The van der Waals surface area contributed by atoms with Crippen molar-refractivity contribution in [2.24, 2.45) is 23.2 Å². The van der Waals surface area contributed by atoms with Crippen molar-refractivity contribution in [2.75, 3.05) is 0 Å². The SMILES string of the molecule is CC1CC(CC(C)(C)C)CC1C. The van der Waals surface area contributed by atoms with Crippen LogP contribution < -0.4 is 0 Å². The highest BCUT2D eigenvalue weighted by Gasteiger charge is 2.30. The Hall–Kier alpha value is 0. The minimum absolute atomic E-state index is 0.536. The summed E-state index contributed by atoms with van der Waals surface area (Å²) in [7, 11) is 0. The second-order valence-corrected chi connectivity index (χ2v) is 6.06. The third kappa shape index (κ3) is 2.80. The Balaban J connectivity index is 2.38. The van der Waals surface area contributed by atoms with Gasteiger partial charge in [0, 0.05) is 0 Å². The van der Waals surface area contributed by atoms with Crippen LogP contribution in [0.1, 0.15) is 53.9 Å². The van der Waals surface area contributed by atoms with E-state index in [1.54, 1.807) is 0 Å². The highest BCUT2D eigenvalue weighted by molar-refractivity contribution is 4.81. The molecule has 0 aliphatic heterocycles. The molecule has 0 amide bonds. The van der Waals surface area contributed by atoms with E-state index in [0.29, 0.717) is 5.41 Å². The fourth-order valence-electron chi connectivity index (χ4n) is 2.65. The first-order valence-electron chi connectivity index (χ1n) is 5.38. The molecule has 1 aliphatic rings. The molecule has 1 fully saturated rings. The molecule has 0 saturated heterocycles. The van der Waals surface area contributed by atoms with E-state index in [0.717, 1.165) is 17.8 Å². The van der Waals surface area contributed by atoms with Gasteiger partial charge in [-0.3, -0.25) is 0 Å². The fourth-order valence-corrected chi connectivity index (χ4v) is 2.65. The van der Waals surface area contributed by atoms with Gasteiger partial charge in [0.1, 0.15) is 0 Å². The van der Waals surface area contributed by atoms with Gasteiger partial charge in [-0.15, -0.1) is 0 Å². The molecule has 1 rings (SSSR count). The molecule has 0 radical (unpaired) electrons. The lowest BCUT2D eigenvalue weighted by atomic mass is 9.83. The van der Waals surface area contributed by atoms with E-state index in [4.69, 9.17) is 0 Å². The Labute approximate surface area is 77.7 Å². The van der Waals surface area contributed by atoms with Crippen molar-refractivity contribution < 1.29 is 0 Å². The second kappa shape index (κ2) is 3.40. The van der Waals surface area contributed by atoms with Gasteiger partial charge in [-0.25, -0.2) is 0 Å². The third-order valence-electron chi connectivity index (χ3n) is 3.28. The molecule has 0 aromatic carbocycles. The normalized spacial score (nSPS) is 37.2. The molecule has 1 saturated carbocycles. The summed E-state index contributed by atoms with van der Waals surface area (Å²) in [5.41, 5.74) is 0.536. The van der Waals surface area contributed by atoms with Gasteiger partial charge in [-0.1, -0.05) is 34.6 Å². The first-order valence-corrected chi connectivity index (χ1v) is 5.38. The molecule has 2 atom stereocenters. The summed E-state index contributed by atoms with van der Waals surface area (Å²) in [6.45, 7) is 11.9. The largest absolute Gasteiger partial charge is 0.0622 e. The first-order chi connectivity index (χ1) is 5.38. The van der Waals surface area contributed by atoms with Gasteiger partial charge in [-0.2, -0.15) is 0 Å². The van der Waals surface area contributed by atoms with Crippen molar-refractivity contribution in [1.82, 2.24) is 0 Å². The average Bonchev–Trinajstić information content (AvgIpc) is 2.07. The van der Waals surface area contributed by atoms with Crippen LogP contribution in [0.5, 0.6) is 0 Å². The maximum atomic E-state index is 2.41. The van der Waals surface area contributed by atoms with Crippen LogP contribution in [0.15, 0.2) is 0 Å². The zero-order valence-electron chi connectivity index (χ0n) is 9.35. The quantitative estimate of drug-likeness (QED) is 0.553. The monoisotopic (exact) mass is 168 g/mol. The number of rotatable bonds is 1. The maximum Gasteiger partial charge on any atom is -0.0380 e. The van der Waals surface area contributed by atoms with Crippen molar-refractivity contribution in [1.29, 1.82) is 0 Å². The summed E-state index contributed by atoms with van der Waals surface area (Å²) in [6.07, 6.45) is 4.36. The van der Waals surface area contributed by atoms with E-state index in [1.165, 1.54) is 19.3 Å². The van der Waals surface area contributed by atoms with Crippen LogP contribution in [0.2, 0.25) is 0 Å². The Morgan fingerprint density at radius 1 is 1.00 bits per heavy atom. The van der Waals surface area contributed by atoms with Crippen LogP contribution >= 0.6 is 0 Å². The summed E-state index contributed by atoms with van der Waals surface area (Å²) in [5.74, 6) is 2.95. The summed E-state index contributed by atoms with van der Waals surface area (Å²) >= 11 is 0. The van der Waals surface area contributed by atoms with Gasteiger partial charge in [-0.05, 0) is 42.4 Å². The molecule has 1 aliphatic carbocycles. The molecular formula is C12H24. The fraction of sp³-hybridized carbons (Fsp3) is 1.00. The lowest BCUT2D eigenvalue weighted by Crippen LogP contribution is -2.11. The zero-order valence-corrected chi connectivity index (χ0v) is 9.35. The predicted octanol–water partition coefficient (Wildman–Crippen LogP) is 4.10. The molecule has 0 spiro atoms. The topological polar surface area (TPSA) is 0 Å². The molecule has 0 aromatic heterocycles. The summed E-state index contributed by atoms with van der Waals surface area (Å²) < 4.78 is 0. The van der Waals surface area contributed by atoms with Crippen molar-refractivity contribution >= 4 is 0 Å². The van der Waals surface area contributed by atoms with Gasteiger partial charge in [0.05, 0.1) is 0 Å². The van der Waals surface area contributed by atoms with Crippen LogP contribution in [-0.4, -0.2) is 0 Å². The van der Waals surface area contributed by atoms with E-state index < -0.39 is 0 Å². The van der Waals surface area contributed by atoms with Gasteiger partial charge in [0.2, 0.25) is 0 Å². The molecule has 72 valence electrons. The Morgan fingerprint density at radius 3 is 1.75 bits per heavy atom. The Bertz CT molecular complexity index is 131. The van der Waals surface area contributed by atoms with E-state index in [9.17, 15) is 0 Å². The zero-order chi connectivity index (χ0) is 9.35. The molecule has 0 aromatic rings. The van der Waals surface area contributed by atoms with Gasteiger partial charge < -0.3 is 0 Å². The van der Waals surface area contributed by atoms with E-state index in [2.05, 4.69) is 34.6 Å². The van der Waals surface area contributed by atoms with E-state index >= 15 is 0 Å². The summed E-state index contributed by atoms with van der Waals surface area (Å²) in [4.78, 5) is 0. The minimum Gasteiger partial charge on any atom is -0.0622 e. The molecule has 12 heavy (non-hydrogen) atoms. The third-order valence-corrected chi connectivity index (χ3v) is 3.28. The van der Waals surface area contributed by atoms with Crippen molar-refractivity contribution in [2.45, 2.75) is 53.9 Å². The van der Waals surface area contributed by atoms with E-state index in [1.807, 2.05) is 0 Å². The summed E-state index contributed by atoms with van der Waals surface area (Å²) in [6, 6.07) is 0. The van der Waals surface area contributed by atoms with Crippen molar-refractivity contribution in [3.8, 4) is 0 Å².